The molecule has 2 heterocycles. The van der Waals surface area contributed by atoms with Gasteiger partial charge in [-0.3, -0.25) is 14.6 Å². The van der Waals surface area contributed by atoms with Gasteiger partial charge in [-0.2, -0.15) is 0 Å². The lowest BCUT2D eigenvalue weighted by molar-refractivity contribution is -0.121. The number of fused-ring (bicyclic) bond motifs is 1. The summed E-state index contributed by atoms with van der Waals surface area (Å²) in [6, 6.07) is 14.7. The fraction of sp³-hybridized carbons (Fsp3) is 0.130. The van der Waals surface area contributed by atoms with Crippen molar-refractivity contribution in [1.29, 1.82) is 5.41 Å². The molecule has 150 valence electrons. The SMILES string of the molecule is CC1=C(C(=O)Nc2ccc(N)c(C=N)c2)C(c2cnc3ccccc3c2)CC(=O)N1. The molecule has 7 nitrogen and oxygen atoms in total. The van der Waals surface area contributed by atoms with Crippen molar-refractivity contribution in [3.05, 3.63) is 77.1 Å². The second kappa shape index (κ2) is 7.79. The number of aromatic nitrogens is 1. The standard InChI is InChI=1S/C23H21N5O2/c1-13-22(23(30)28-17-6-7-19(25)15(9-17)11-24)18(10-21(29)27-13)16-8-14-4-2-3-5-20(14)26-12-16/h2-9,11-12,18,24H,10,25H2,1H3,(H,27,29)(H,28,30). The number of rotatable bonds is 4. The van der Waals surface area contributed by atoms with Crippen LogP contribution in [0.4, 0.5) is 11.4 Å². The minimum atomic E-state index is -0.410. The summed E-state index contributed by atoms with van der Waals surface area (Å²) in [4.78, 5) is 29.9. The molecule has 30 heavy (non-hydrogen) atoms. The molecule has 0 radical (unpaired) electrons. The average Bonchev–Trinajstić information content (AvgIpc) is 2.74. The zero-order valence-corrected chi connectivity index (χ0v) is 16.4. The van der Waals surface area contributed by atoms with Crippen LogP contribution in [0.5, 0.6) is 0 Å². The third kappa shape index (κ3) is 3.65. The predicted octanol–water partition coefficient (Wildman–Crippen LogP) is 3.33. The van der Waals surface area contributed by atoms with E-state index < -0.39 is 5.92 Å². The van der Waals surface area contributed by atoms with E-state index in [-0.39, 0.29) is 18.2 Å². The van der Waals surface area contributed by atoms with Crippen molar-refractivity contribution in [2.45, 2.75) is 19.3 Å². The lowest BCUT2D eigenvalue weighted by Crippen LogP contribution is -2.35. The molecule has 1 aromatic heterocycles. The smallest absolute Gasteiger partial charge is 0.253 e. The molecule has 5 N–H and O–H groups in total. The molecule has 1 atom stereocenters. The molecule has 0 bridgehead atoms. The lowest BCUT2D eigenvalue weighted by atomic mass is 9.84. The van der Waals surface area contributed by atoms with Crippen molar-refractivity contribution in [2.75, 3.05) is 11.1 Å². The maximum atomic E-state index is 13.2. The molecule has 1 unspecified atom stereocenters. The second-order valence-corrected chi connectivity index (χ2v) is 7.25. The minimum Gasteiger partial charge on any atom is -0.398 e. The summed E-state index contributed by atoms with van der Waals surface area (Å²) >= 11 is 0. The van der Waals surface area contributed by atoms with Crippen molar-refractivity contribution in [3.63, 3.8) is 0 Å². The Kier molecular flexibility index (Phi) is 5.02. The monoisotopic (exact) mass is 399 g/mol. The molecule has 7 heteroatoms. The van der Waals surface area contributed by atoms with Crippen LogP contribution >= 0.6 is 0 Å². The van der Waals surface area contributed by atoms with Crippen LogP contribution < -0.4 is 16.4 Å². The first-order valence-corrected chi connectivity index (χ1v) is 9.53. The van der Waals surface area contributed by atoms with Crippen molar-refractivity contribution < 1.29 is 9.59 Å². The van der Waals surface area contributed by atoms with Gasteiger partial charge in [0.2, 0.25) is 5.91 Å². The Morgan fingerprint density at radius 2 is 2.07 bits per heavy atom. The molecular formula is C23H21N5O2. The number of para-hydroxylation sites is 1. The number of nitrogens with one attached hydrogen (secondary N) is 3. The number of nitrogens with zero attached hydrogens (tertiary/aromatic N) is 1. The van der Waals surface area contributed by atoms with Crippen LogP contribution in [0.3, 0.4) is 0 Å². The van der Waals surface area contributed by atoms with Crippen LogP contribution in [-0.4, -0.2) is 23.0 Å². The highest BCUT2D eigenvalue weighted by Gasteiger charge is 2.32. The first-order valence-electron chi connectivity index (χ1n) is 9.53. The van der Waals surface area contributed by atoms with E-state index >= 15 is 0 Å². The Bertz CT molecular complexity index is 1220. The minimum absolute atomic E-state index is 0.138. The zero-order chi connectivity index (χ0) is 21.3. The number of hydrogen-bond donors (Lipinski definition) is 4. The van der Waals surface area contributed by atoms with E-state index in [0.717, 1.165) is 22.7 Å². The molecule has 3 aromatic rings. The number of carbonyl (C=O) groups excluding carboxylic acids is 2. The Balaban J connectivity index is 1.71. The van der Waals surface area contributed by atoms with Crippen molar-refractivity contribution in [1.82, 2.24) is 10.3 Å². The molecule has 2 aromatic carbocycles. The molecule has 0 fully saturated rings. The van der Waals surface area contributed by atoms with E-state index in [2.05, 4.69) is 15.6 Å². The predicted molar refractivity (Wildman–Crippen MR) is 117 cm³/mol. The van der Waals surface area contributed by atoms with E-state index in [1.165, 1.54) is 0 Å². The molecule has 1 aliphatic heterocycles. The van der Waals surface area contributed by atoms with E-state index in [4.69, 9.17) is 11.1 Å². The van der Waals surface area contributed by atoms with E-state index in [0.29, 0.717) is 28.2 Å². The fourth-order valence-corrected chi connectivity index (χ4v) is 3.74. The Morgan fingerprint density at radius 1 is 1.27 bits per heavy atom. The number of nitrogen functional groups attached to an aromatic ring is 1. The number of benzene rings is 2. The molecule has 0 saturated heterocycles. The summed E-state index contributed by atoms with van der Waals surface area (Å²) < 4.78 is 0. The van der Waals surface area contributed by atoms with Gasteiger partial charge in [-0.05, 0) is 42.8 Å². The first kappa shape index (κ1) is 19.3. The molecule has 1 aliphatic rings. The Morgan fingerprint density at radius 3 is 2.87 bits per heavy atom. The quantitative estimate of drug-likeness (QED) is 0.397. The summed E-state index contributed by atoms with van der Waals surface area (Å²) in [5.74, 6) is -0.862. The van der Waals surface area contributed by atoms with Gasteiger partial charge >= 0.3 is 0 Å². The summed E-state index contributed by atoms with van der Waals surface area (Å²) in [6.45, 7) is 1.72. The maximum Gasteiger partial charge on any atom is 0.253 e. The van der Waals surface area contributed by atoms with Gasteiger partial charge in [0.05, 0.1) is 5.52 Å². The van der Waals surface area contributed by atoms with Gasteiger partial charge in [-0.15, -0.1) is 0 Å². The van der Waals surface area contributed by atoms with Gasteiger partial charge in [-0.25, -0.2) is 0 Å². The van der Waals surface area contributed by atoms with Crippen LogP contribution in [0.15, 0.2) is 66.0 Å². The second-order valence-electron chi connectivity index (χ2n) is 7.25. The highest BCUT2D eigenvalue weighted by molar-refractivity contribution is 6.07. The Hall–Kier alpha value is -4.00. The van der Waals surface area contributed by atoms with Gasteiger partial charge in [0.25, 0.3) is 5.91 Å². The summed E-state index contributed by atoms with van der Waals surface area (Å²) in [7, 11) is 0. The van der Waals surface area contributed by atoms with Gasteiger partial charge in [0.1, 0.15) is 0 Å². The summed E-state index contributed by atoms with van der Waals surface area (Å²) in [5.41, 5.74) is 10.0. The molecular weight excluding hydrogens is 378 g/mol. The molecule has 0 aliphatic carbocycles. The van der Waals surface area contributed by atoms with Crippen LogP contribution in [-0.2, 0) is 9.59 Å². The number of carbonyl (C=O) groups is 2. The lowest BCUT2D eigenvalue weighted by Gasteiger charge is -2.27. The zero-order valence-electron chi connectivity index (χ0n) is 16.4. The molecule has 0 spiro atoms. The van der Waals surface area contributed by atoms with Crippen molar-refractivity contribution in [3.8, 4) is 0 Å². The number of hydrogen-bond acceptors (Lipinski definition) is 5. The molecule has 0 saturated carbocycles. The first-order chi connectivity index (χ1) is 14.5. The topological polar surface area (TPSA) is 121 Å². The normalized spacial score (nSPS) is 16.3. The van der Waals surface area contributed by atoms with Gasteiger partial charge in [0.15, 0.2) is 0 Å². The van der Waals surface area contributed by atoms with Crippen LogP contribution in [0.25, 0.3) is 10.9 Å². The largest absolute Gasteiger partial charge is 0.398 e. The summed E-state index contributed by atoms with van der Waals surface area (Å²) in [5, 5.41) is 14.0. The number of allylic oxidation sites excluding steroid dienone is 1. The van der Waals surface area contributed by atoms with E-state index in [1.807, 2.05) is 30.3 Å². The number of pyridine rings is 1. The maximum absolute atomic E-state index is 13.2. The van der Waals surface area contributed by atoms with Crippen LogP contribution in [0.1, 0.15) is 30.4 Å². The molecule has 4 rings (SSSR count). The van der Waals surface area contributed by atoms with Crippen molar-refractivity contribution >= 4 is 40.3 Å². The fourth-order valence-electron chi connectivity index (χ4n) is 3.74. The average molecular weight is 399 g/mol. The number of anilines is 2. The van der Waals surface area contributed by atoms with E-state index in [1.54, 1.807) is 31.3 Å². The van der Waals surface area contributed by atoms with Crippen LogP contribution in [0, 0.1) is 5.41 Å². The van der Waals surface area contributed by atoms with Crippen molar-refractivity contribution in [2.24, 2.45) is 0 Å². The Labute approximate surface area is 173 Å². The van der Waals surface area contributed by atoms with Gasteiger partial charge < -0.3 is 21.8 Å². The third-order valence-corrected chi connectivity index (χ3v) is 5.23. The van der Waals surface area contributed by atoms with Crippen LogP contribution in [0.2, 0.25) is 0 Å². The molecule has 2 amide bonds. The number of nitrogens with two attached hydrogens (primary N) is 1. The highest BCUT2D eigenvalue weighted by Crippen LogP contribution is 2.34. The third-order valence-electron chi connectivity index (χ3n) is 5.23. The summed E-state index contributed by atoms with van der Waals surface area (Å²) in [6.07, 6.45) is 3.02. The van der Waals surface area contributed by atoms with Gasteiger partial charge in [0, 0.05) is 58.3 Å². The van der Waals surface area contributed by atoms with Gasteiger partial charge in [-0.1, -0.05) is 18.2 Å². The highest BCUT2D eigenvalue weighted by atomic mass is 16.2. The number of amides is 2. The van der Waals surface area contributed by atoms with E-state index in [9.17, 15) is 9.59 Å².